The number of nitrogen functional groups attached to an aromatic ring is 1. The summed E-state index contributed by atoms with van der Waals surface area (Å²) in [6.07, 6.45) is 3.42. The highest BCUT2D eigenvalue weighted by molar-refractivity contribution is 6.35. The third-order valence-electron chi connectivity index (χ3n) is 3.23. The van der Waals surface area contributed by atoms with E-state index in [1.165, 1.54) is 0 Å². The first-order chi connectivity index (χ1) is 12.0. The highest BCUT2D eigenvalue weighted by Gasteiger charge is 2.06. The normalized spacial score (nSPS) is 11.2. The van der Waals surface area contributed by atoms with Gasteiger partial charge in [0.1, 0.15) is 12.4 Å². The molecule has 0 aliphatic heterocycles. The van der Waals surface area contributed by atoms with Crippen molar-refractivity contribution in [3.05, 3.63) is 68.5 Å². The third-order valence-corrected chi connectivity index (χ3v) is 4.11. The van der Waals surface area contributed by atoms with Gasteiger partial charge in [0.15, 0.2) is 0 Å². The number of hydrogen-bond acceptors (Lipinski definition) is 5. The van der Waals surface area contributed by atoms with E-state index < -0.39 is 0 Å². The molecule has 0 aliphatic carbocycles. The molecule has 128 valence electrons. The molecular weight excluding hydrogens is 385 g/mol. The van der Waals surface area contributed by atoms with Gasteiger partial charge in [0, 0.05) is 21.7 Å². The molecule has 1 aromatic heterocycles. The lowest BCUT2D eigenvalue weighted by Gasteiger charge is -2.10. The van der Waals surface area contributed by atoms with Crippen LogP contribution in [0.25, 0.3) is 12.2 Å². The molecule has 0 saturated heterocycles. The number of halogens is 3. The van der Waals surface area contributed by atoms with Crippen molar-refractivity contribution in [1.82, 2.24) is 10.2 Å². The summed E-state index contributed by atoms with van der Waals surface area (Å²) in [6.45, 7) is 0.284. The van der Waals surface area contributed by atoms with Crippen LogP contribution >= 0.6 is 34.8 Å². The van der Waals surface area contributed by atoms with Crippen LogP contribution in [0.2, 0.25) is 15.1 Å². The molecule has 0 radical (unpaired) electrons. The molecular formula is C17H12Cl3N3O2. The zero-order valence-electron chi connectivity index (χ0n) is 12.7. The van der Waals surface area contributed by atoms with Crippen LogP contribution in [0, 0.1) is 0 Å². The van der Waals surface area contributed by atoms with Crippen molar-refractivity contribution >= 4 is 53.0 Å². The van der Waals surface area contributed by atoms with Crippen LogP contribution in [-0.4, -0.2) is 10.2 Å². The summed E-state index contributed by atoms with van der Waals surface area (Å²) in [5, 5.41) is 8.90. The van der Waals surface area contributed by atoms with Gasteiger partial charge in [-0.15, -0.1) is 5.10 Å². The molecule has 5 nitrogen and oxygen atoms in total. The average Bonchev–Trinajstić information content (AvgIpc) is 2.99. The molecule has 0 amide bonds. The van der Waals surface area contributed by atoms with Crippen LogP contribution in [0.1, 0.15) is 17.0 Å². The van der Waals surface area contributed by atoms with Gasteiger partial charge in [-0.25, -0.2) is 0 Å². The van der Waals surface area contributed by atoms with Crippen LogP contribution < -0.4 is 10.5 Å². The monoisotopic (exact) mass is 395 g/mol. The van der Waals surface area contributed by atoms with Gasteiger partial charge in [0.2, 0.25) is 5.89 Å². The van der Waals surface area contributed by atoms with Crippen LogP contribution in [0.4, 0.5) is 6.01 Å². The highest BCUT2D eigenvalue weighted by Crippen LogP contribution is 2.28. The van der Waals surface area contributed by atoms with Gasteiger partial charge in [-0.05, 0) is 35.9 Å². The van der Waals surface area contributed by atoms with Crippen LogP contribution in [0.5, 0.6) is 5.75 Å². The standard InChI is InChI=1S/C17H12Cl3N3O2/c18-12-4-3-11(13(19)8-12)9-24-15-5-1-10(7-14(15)20)2-6-16-22-23-17(21)25-16/h1-8H,9H2,(H2,21,23)/b6-2+. The number of nitrogens with zero attached hydrogens (tertiary/aromatic N) is 2. The number of rotatable bonds is 5. The number of nitrogens with two attached hydrogens (primary N) is 1. The van der Waals surface area contributed by atoms with Crippen molar-refractivity contribution < 1.29 is 9.15 Å². The number of aromatic nitrogens is 2. The SMILES string of the molecule is Nc1nnc(/C=C/c2ccc(OCc3ccc(Cl)cc3Cl)c(Cl)c2)o1. The summed E-state index contributed by atoms with van der Waals surface area (Å²) in [5.41, 5.74) is 7.03. The van der Waals surface area contributed by atoms with Gasteiger partial charge in [0.05, 0.1) is 5.02 Å². The van der Waals surface area contributed by atoms with Gasteiger partial charge in [-0.1, -0.05) is 52.0 Å². The van der Waals surface area contributed by atoms with Crippen LogP contribution in [-0.2, 0) is 6.61 Å². The summed E-state index contributed by atoms with van der Waals surface area (Å²) >= 11 is 18.3. The molecule has 0 aliphatic rings. The molecule has 0 saturated carbocycles. The smallest absolute Gasteiger partial charge is 0.313 e. The first-order valence-corrected chi connectivity index (χ1v) is 8.28. The molecule has 0 spiro atoms. The zero-order valence-corrected chi connectivity index (χ0v) is 15.0. The molecule has 1 heterocycles. The molecule has 8 heteroatoms. The van der Waals surface area contributed by atoms with E-state index in [-0.39, 0.29) is 12.6 Å². The highest BCUT2D eigenvalue weighted by atomic mass is 35.5. The Morgan fingerprint density at radius 2 is 1.84 bits per heavy atom. The minimum Gasteiger partial charge on any atom is -0.487 e. The van der Waals surface area contributed by atoms with Crippen molar-refractivity contribution in [3.8, 4) is 5.75 Å². The van der Waals surface area contributed by atoms with Crippen molar-refractivity contribution in [2.45, 2.75) is 6.61 Å². The molecule has 2 N–H and O–H groups in total. The molecule has 0 atom stereocenters. The molecule has 0 unspecified atom stereocenters. The summed E-state index contributed by atoms with van der Waals surface area (Å²) in [6, 6.07) is 10.6. The van der Waals surface area contributed by atoms with Gasteiger partial charge in [0.25, 0.3) is 0 Å². The van der Waals surface area contributed by atoms with E-state index in [2.05, 4.69) is 10.2 Å². The van der Waals surface area contributed by atoms with Crippen molar-refractivity contribution in [1.29, 1.82) is 0 Å². The number of ether oxygens (including phenoxy) is 1. The molecule has 25 heavy (non-hydrogen) atoms. The third kappa shape index (κ3) is 4.66. The van der Waals surface area contributed by atoms with E-state index in [4.69, 9.17) is 49.7 Å². The van der Waals surface area contributed by atoms with Crippen LogP contribution in [0.3, 0.4) is 0 Å². The lowest BCUT2D eigenvalue weighted by atomic mass is 10.2. The topological polar surface area (TPSA) is 74.2 Å². The lowest BCUT2D eigenvalue weighted by molar-refractivity contribution is 0.306. The second-order valence-corrected chi connectivity index (χ2v) is 6.28. The van der Waals surface area contributed by atoms with Gasteiger partial charge in [-0.2, -0.15) is 0 Å². The maximum atomic E-state index is 6.26. The second-order valence-electron chi connectivity index (χ2n) is 5.03. The van der Waals surface area contributed by atoms with Crippen molar-refractivity contribution in [2.24, 2.45) is 0 Å². The lowest BCUT2D eigenvalue weighted by Crippen LogP contribution is -1.97. The van der Waals surface area contributed by atoms with E-state index >= 15 is 0 Å². The van der Waals surface area contributed by atoms with Crippen molar-refractivity contribution in [3.63, 3.8) is 0 Å². The van der Waals surface area contributed by atoms with Gasteiger partial charge < -0.3 is 14.9 Å². The Balaban J connectivity index is 1.68. The maximum absolute atomic E-state index is 6.26. The molecule has 0 bridgehead atoms. The Bertz CT molecular complexity index is 925. The molecule has 2 aromatic carbocycles. The maximum Gasteiger partial charge on any atom is 0.313 e. The fraction of sp³-hybridized carbons (Fsp3) is 0.0588. The largest absolute Gasteiger partial charge is 0.487 e. The second kappa shape index (κ2) is 7.78. The number of hydrogen-bond donors (Lipinski definition) is 1. The molecule has 0 fully saturated rings. The first kappa shape index (κ1) is 17.6. The number of benzene rings is 2. The number of anilines is 1. The quantitative estimate of drug-likeness (QED) is 0.628. The zero-order chi connectivity index (χ0) is 17.8. The Kier molecular flexibility index (Phi) is 5.48. The summed E-state index contributed by atoms with van der Waals surface area (Å²) in [4.78, 5) is 0. The van der Waals surface area contributed by atoms with Gasteiger partial charge >= 0.3 is 6.01 Å². The summed E-state index contributed by atoms with van der Waals surface area (Å²) in [5.74, 6) is 0.859. The predicted octanol–water partition coefficient (Wildman–Crippen LogP) is 5.36. The average molecular weight is 397 g/mol. The van der Waals surface area contributed by atoms with Crippen molar-refractivity contribution in [2.75, 3.05) is 5.73 Å². The summed E-state index contributed by atoms with van der Waals surface area (Å²) in [7, 11) is 0. The van der Waals surface area contributed by atoms with E-state index in [1.807, 2.05) is 12.1 Å². The fourth-order valence-corrected chi connectivity index (χ4v) is 2.72. The predicted molar refractivity (Wildman–Crippen MR) is 99.9 cm³/mol. The van der Waals surface area contributed by atoms with E-state index in [1.54, 1.807) is 36.4 Å². The van der Waals surface area contributed by atoms with E-state index in [0.29, 0.717) is 26.7 Å². The van der Waals surface area contributed by atoms with E-state index in [9.17, 15) is 0 Å². The van der Waals surface area contributed by atoms with Crippen LogP contribution in [0.15, 0.2) is 40.8 Å². The minimum atomic E-state index is 0.0160. The Labute approximate surface area is 159 Å². The summed E-state index contributed by atoms with van der Waals surface area (Å²) < 4.78 is 10.8. The van der Waals surface area contributed by atoms with E-state index in [0.717, 1.165) is 11.1 Å². The molecule has 3 aromatic rings. The fourth-order valence-electron chi connectivity index (χ4n) is 2.01. The Hall–Kier alpha value is -2.21. The van der Waals surface area contributed by atoms with Gasteiger partial charge in [-0.3, -0.25) is 0 Å². The Morgan fingerprint density at radius 1 is 1.00 bits per heavy atom. The molecule has 3 rings (SSSR count). The minimum absolute atomic E-state index is 0.0160. The Morgan fingerprint density at radius 3 is 2.52 bits per heavy atom. The first-order valence-electron chi connectivity index (χ1n) is 7.14.